The molecule has 1 aromatic carbocycles. The maximum atomic E-state index is 12.6. The Balaban J connectivity index is 1.72. The van der Waals surface area contributed by atoms with Gasteiger partial charge in [-0.15, -0.1) is 0 Å². The summed E-state index contributed by atoms with van der Waals surface area (Å²) in [6, 6.07) is 7.19. The van der Waals surface area contributed by atoms with Gasteiger partial charge in [-0.2, -0.15) is 13.2 Å². The van der Waals surface area contributed by atoms with Gasteiger partial charge in [0.15, 0.2) is 12.4 Å². The Bertz CT molecular complexity index is 842. The lowest BCUT2D eigenvalue weighted by Crippen LogP contribution is -2.33. The highest BCUT2D eigenvalue weighted by Crippen LogP contribution is 2.30. The molecule has 0 unspecified atom stereocenters. The number of aromatic nitrogens is 1. The van der Waals surface area contributed by atoms with Gasteiger partial charge in [-0.25, -0.2) is 4.98 Å². The number of alkyl halides is 3. The zero-order chi connectivity index (χ0) is 20.7. The lowest BCUT2D eigenvalue weighted by atomic mass is 10.1. The number of carbonyl (C=O) groups is 2. The van der Waals surface area contributed by atoms with E-state index in [0.717, 1.165) is 12.3 Å². The van der Waals surface area contributed by atoms with E-state index in [0.29, 0.717) is 11.3 Å². The number of carbonyl (C=O) groups excluding carboxylic acids is 2. The average Bonchev–Trinajstić information content (AvgIpc) is 2.64. The first-order chi connectivity index (χ1) is 13.2. The van der Waals surface area contributed by atoms with E-state index in [9.17, 15) is 22.8 Å². The van der Waals surface area contributed by atoms with Crippen molar-refractivity contribution in [3.63, 3.8) is 0 Å². The van der Waals surface area contributed by atoms with E-state index in [-0.39, 0.29) is 42.2 Å². The molecule has 0 aliphatic carbocycles. The summed E-state index contributed by atoms with van der Waals surface area (Å²) in [4.78, 5) is 25.4. The fourth-order valence-electron chi connectivity index (χ4n) is 2.14. The van der Waals surface area contributed by atoms with Crippen LogP contribution in [0.4, 0.5) is 19.0 Å². The number of anilines is 1. The molecule has 0 radical (unpaired) electrons. The molecule has 0 saturated carbocycles. The van der Waals surface area contributed by atoms with E-state index >= 15 is 0 Å². The highest BCUT2D eigenvalue weighted by Gasteiger charge is 2.32. The minimum absolute atomic E-state index is 0.0674. The molecule has 1 aromatic heterocycles. The van der Waals surface area contributed by atoms with Gasteiger partial charge in [0.1, 0.15) is 23.5 Å². The van der Waals surface area contributed by atoms with Crippen LogP contribution in [0.25, 0.3) is 0 Å². The second-order valence-electron chi connectivity index (χ2n) is 5.76. The molecule has 0 atom stereocenters. The van der Waals surface area contributed by atoms with E-state index in [1.165, 1.54) is 6.92 Å². The zero-order valence-electron chi connectivity index (χ0n) is 14.8. The van der Waals surface area contributed by atoms with Crippen LogP contribution in [-0.2, 0) is 11.0 Å². The third-order valence-corrected chi connectivity index (χ3v) is 3.90. The number of amides is 1. The Kier molecular flexibility index (Phi) is 7.22. The number of rotatable bonds is 8. The van der Waals surface area contributed by atoms with Crippen LogP contribution in [0.3, 0.4) is 0 Å². The van der Waals surface area contributed by atoms with Crippen molar-refractivity contribution in [2.45, 2.75) is 13.1 Å². The monoisotopic (exact) mass is 416 g/mol. The van der Waals surface area contributed by atoms with Crippen molar-refractivity contribution < 1.29 is 32.5 Å². The summed E-state index contributed by atoms with van der Waals surface area (Å²) in [6.07, 6.45) is -3.68. The van der Waals surface area contributed by atoms with Crippen LogP contribution in [0.2, 0.25) is 5.02 Å². The fourth-order valence-corrected chi connectivity index (χ4v) is 2.38. The number of pyridine rings is 1. The summed E-state index contributed by atoms with van der Waals surface area (Å²) in [5.41, 5.74) is -0.341. The second-order valence-corrected chi connectivity index (χ2v) is 6.16. The van der Waals surface area contributed by atoms with Crippen molar-refractivity contribution in [1.29, 1.82) is 0 Å². The fraction of sp³-hybridized carbons (Fsp3) is 0.278. The van der Waals surface area contributed by atoms with Crippen LogP contribution in [0, 0.1) is 0 Å². The first kappa shape index (κ1) is 21.5. The Morgan fingerprint density at radius 1 is 1.18 bits per heavy atom. The molecular weight excluding hydrogens is 399 g/mol. The summed E-state index contributed by atoms with van der Waals surface area (Å²) >= 11 is 5.80. The first-order valence-corrected chi connectivity index (χ1v) is 8.57. The van der Waals surface area contributed by atoms with Gasteiger partial charge in [-0.3, -0.25) is 14.9 Å². The van der Waals surface area contributed by atoms with Gasteiger partial charge in [0.2, 0.25) is 0 Å². The molecule has 0 aliphatic heterocycles. The number of hydrogen-bond donors (Lipinski definition) is 2. The van der Waals surface area contributed by atoms with Gasteiger partial charge < -0.3 is 10.1 Å². The largest absolute Gasteiger partial charge is 0.484 e. The second kappa shape index (κ2) is 9.41. The average molecular weight is 417 g/mol. The lowest BCUT2D eigenvalue weighted by Gasteiger charge is -2.08. The molecule has 2 rings (SSSR count). The maximum Gasteiger partial charge on any atom is 0.419 e. The minimum atomic E-state index is -4.49. The van der Waals surface area contributed by atoms with E-state index in [1.807, 2.05) is 0 Å². The van der Waals surface area contributed by atoms with E-state index in [4.69, 9.17) is 16.3 Å². The van der Waals surface area contributed by atoms with Crippen molar-refractivity contribution >= 4 is 29.1 Å². The predicted octanol–water partition coefficient (Wildman–Crippen LogP) is 2.98. The van der Waals surface area contributed by atoms with Gasteiger partial charge in [0, 0.05) is 5.56 Å². The van der Waals surface area contributed by atoms with Crippen molar-refractivity contribution in [1.82, 2.24) is 5.32 Å². The lowest BCUT2D eigenvalue weighted by molar-refractivity contribution is -0.364. The summed E-state index contributed by atoms with van der Waals surface area (Å²) in [5, 5.41) is 5.27. The normalized spacial score (nSPS) is 11.0. The molecule has 10 heteroatoms. The Morgan fingerprint density at radius 2 is 1.86 bits per heavy atom. The molecular formula is C18H18ClF3N3O3+. The zero-order valence-corrected chi connectivity index (χ0v) is 15.6. The molecule has 1 amide bonds. The standard InChI is InChI=1S/C18H17ClF3N3O3/c1-11(26)12-2-4-14(5-3-12)28-10-16(27)23-6-7-24-17-15(19)8-13(9-25-17)18(20,21)22/h2-5,8-9H,6-7,10H2,1H3,(H,23,27)(H,24,25)/p+1. The molecule has 0 saturated heterocycles. The number of aromatic amines is 1. The number of Topliss-reactive ketones (excluding diaryl/α,β-unsaturated/α-hetero) is 1. The topological polar surface area (TPSA) is 81.6 Å². The van der Waals surface area contributed by atoms with Crippen molar-refractivity contribution in [2.75, 3.05) is 25.0 Å². The van der Waals surface area contributed by atoms with Crippen LogP contribution in [0.15, 0.2) is 36.5 Å². The number of halogens is 4. The van der Waals surface area contributed by atoms with E-state index < -0.39 is 11.7 Å². The summed E-state index contributed by atoms with van der Waals surface area (Å²) in [6.45, 7) is 1.68. The number of nitrogens with one attached hydrogen (secondary N) is 3. The van der Waals surface area contributed by atoms with Gasteiger partial charge in [0.25, 0.3) is 11.7 Å². The van der Waals surface area contributed by atoms with Crippen LogP contribution in [0.5, 0.6) is 5.75 Å². The molecule has 2 aromatic rings. The van der Waals surface area contributed by atoms with Crippen molar-refractivity contribution in [3.8, 4) is 5.75 Å². The third kappa shape index (κ3) is 6.41. The molecule has 0 bridgehead atoms. The number of H-pyrrole nitrogens is 1. The predicted molar refractivity (Wildman–Crippen MR) is 96.5 cm³/mol. The third-order valence-electron chi connectivity index (χ3n) is 3.60. The highest BCUT2D eigenvalue weighted by molar-refractivity contribution is 6.32. The van der Waals surface area contributed by atoms with Gasteiger partial charge >= 0.3 is 6.18 Å². The Labute approximate surface area is 164 Å². The van der Waals surface area contributed by atoms with Crippen molar-refractivity contribution in [3.05, 3.63) is 52.7 Å². The number of ether oxygens (including phenoxy) is 1. The molecule has 3 N–H and O–H groups in total. The number of benzene rings is 1. The highest BCUT2D eigenvalue weighted by atomic mass is 35.5. The van der Waals surface area contributed by atoms with Crippen molar-refractivity contribution in [2.24, 2.45) is 0 Å². The van der Waals surface area contributed by atoms with E-state index in [1.54, 1.807) is 24.3 Å². The van der Waals surface area contributed by atoms with Crippen LogP contribution < -0.4 is 20.4 Å². The molecule has 0 aliphatic rings. The smallest absolute Gasteiger partial charge is 0.419 e. The Morgan fingerprint density at radius 3 is 2.43 bits per heavy atom. The molecule has 0 fully saturated rings. The quantitative estimate of drug-likeness (QED) is 0.512. The van der Waals surface area contributed by atoms with Gasteiger partial charge in [-0.1, -0.05) is 11.6 Å². The number of hydrogen-bond acceptors (Lipinski definition) is 4. The van der Waals surface area contributed by atoms with Crippen LogP contribution >= 0.6 is 11.6 Å². The molecule has 28 heavy (non-hydrogen) atoms. The van der Waals surface area contributed by atoms with Crippen LogP contribution in [0.1, 0.15) is 22.8 Å². The molecule has 6 nitrogen and oxygen atoms in total. The molecule has 0 spiro atoms. The number of ketones is 1. The first-order valence-electron chi connectivity index (χ1n) is 8.19. The molecule has 1 heterocycles. The molecule has 150 valence electrons. The van der Waals surface area contributed by atoms with Gasteiger partial charge in [0.05, 0.1) is 12.1 Å². The Hall–Kier alpha value is -2.81. The van der Waals surface area contributed by atoms with Gasteiger partial charge in [-0.05, 0) is 37.3 Å². The van der Waals surface area contributed by atoms with E-state index in [2.05, 4.69) is 15.6 Å². The summed E-state index contributed by atoms with van der Waals surface area (Å²) in [5.74, 6) is 0.220. The minimum Gasteiger partial charge on any atom is -0.484 e. The van der Waals surface area contributed by atoms with Crippen LogP contribution in [-0.4, -0.2) is 31.4 Å². The summed E-state index contributed by atoms with van der Waals surface area (Å²) in [7, 11) is 0. The maximum absolute atomic E-state index is 12.6. The SMILES string of the molecule is CC(=O)c1ccc(OCC(=O)NCCNc2[nH+]cc(C(F)(F)F)cc2Cl)cc1. The summed E-state index contributed by atoms with van der Waals surface area (Å²) < 4.78 is 43.0.